The molecule has 1 unspecified atom stereocenters. The van der Waals surface area contributed by atoms with Crippen LogP contribution in [0.4, 0.5) is 0 Å². The van der Waals surface area contributed by atoms with E-state index in [9.17, 15) is 4.79 Å². The van der Waals surface area contributed by atoms with Gasteiger partial charge in [0.15, 0.2) is 0 Å². The van der Waals surface area contributed by atoms with Crippen molar-refractivity contribution >= 4 is 17.6 Å². The smallest absolute Gasteiger partial charge is 0.338 e. The summed E-state index contributed by atoms with van der Waals surface area (Å²) in [6, 6.07) is 6.78. The van der Waals surface area contributed by atoms with E-state index < -0.39 is 0 Å². The normalized spacial score (nSPS) is 12.2. The summed E-state index contributed by atoms with van der Waals surface area (Å²) in [7, 11) is 0. The van der Waals surface area contributed by atoms with Crippen LogP contribution in [0.15, 0.2) is 24.3 Å². The zero-order valence-electron chi connectivity index (χ0n) is 11.5. The van der Waals surface area contributed by atoms with E-state index in [1.807, 2.05) is 6.92 Å². The molecule has 0 N–H and O–H groups in total. The lowest BCUT2D eigenvalue weighted by Gasteiger charge is -2.17. The van der Waals surface area contributed by atoms with Crippen molar-refractivity contribution in [3.63, 3.8) is 0 Å². The quantitative estimate of drug-likeness (QED) is 0.533. The third kappa shape index (κ3) is 6.08. The van der Waals surface area contributed by atoms with Gasteiger partial charge in [-0.15, -0.1) is 0 Å². The minimum Gasteiger partial charge on any atom is -0.456 e. The standard InChI is InChI=1S/C15H21ClO3/c1-3-6-14(11-18-9-4-2)19-15(17)12-7-5-8-13(16)10-12/h5,7-8,10,14H,3-4,6,9,11H2,1-2H3. The lowest BCUT2D eigenvalue weighted by atomic mass is 10.2. The molecule has 19 heavy (non-hydrogen) atoms. The molecular weight excluding hydrogens is 264 g/mol. The fourth-order valence-electron chi connectivity index (χ4n) is 1.69. The average Bonchev–Trinajstić information content (AvgIpc) is 2.39. The van der Waals surface area contributed by atoms with Gasteiger partial charge in [-0.25, -0.2) is 4.79 Å². The number of benzene rings is 1. The highest BCUT2D eigenvalue weighted by Crippen LogP contribution is 2.13. The molecule has 0 saturated carbocycles. The van der Waals surface area contributed by atoms with Gasteiger partial charge in [-0.2, -0.15) is 0 Å². The van der Waals surface area contributed by atoms with Gasteiger partial charge in [0.2, 0.25) is 0 Å². The largest absolute Gasteiger partial charge is 0.456 e. The van der Waals surface area contributed by atoms with Gasteiger partial charge in [0.1, 0.15) is 6.10 Å². The van der Waals surface area contributed by atoms with Crippen molar-refractivity contribution in [3.8, 4) is 0 Å². The molecule has 0 aliphatic carbocycles. The zero-order valence-corrected chi connectivity index (χ0v) is 12.3. The molecule has 0 aliphatic heterocycles. The van der Waals surface area contributed by atoms with Crippen molar-refractivity contribution in [2.45, 2.75) is 39.2 Å². The molecule has 0 saturated heterocycles. The molecule has 1 aromatic rings. The minimum atomic E-state index is -0.346. The van der Waals surface area contributed by atoms with Crippen LogP contribution < -0.4 is 0 Å². The second kappa shape index (κ2) is 8.94. The van der Waals surface area contributed by atoms with Crippen LogP contribution in [-0.2, 0) is 9.47 Å². The van der Waals surface area contributed by atoms with E-state index in [4.69, 9.17) is 21.1 Å². The summed E-state index contributed by atoms with van der Waals surface area (Å²) in [6.45, 7) is 5.25. The summed E-state index contributed by atoms with van der Waals surface area (Å²) in [5.74, 6) is -0.346. The van der Waals surface area contributed by atoms with Crippen LogP contribution in [0.25, 0.3) is 0 Å². The Morgan fingerprint density at radius 1 is 1.32 bits per heavy atom. The van der Waals surface area contributed by atoms with Gasteiger partial charge in [0.05, 0.1) is 12.2 Å². The number of ether oxygens (including phenoxy) is 2. The van der Waals surface area contributed by atoms with Gasteiger partial charge in [-0.1, -0.05) is 37.9 Å². The highest BCUT2D eigenvalue weighted by Gasteiger charge is 2.15. The second-order valence-corrected chi connectivity index (χ2v) is 4.84. The first kappa shape index (κ1) is 16.0. The third-order valence-corrected chi connectivity index (χ3v) is 2.83. The van der Waals surface area contributed by atoms with E-state index in [0.29, 0.717) is 23.8 Å². The predicted octanol–water partition coefficient (Wildman–Crippen LogP) is 4.09. The molecular formula is C15H21ClO3. The zero-order chi connectivity index (χ0) is 14.1. The van der Waals surface area contributed by atoms with Crippen LogP contribution in [0.3, 0.4) is 0 Å². The molecule has 0 bridgehead atoms. The summed E-state index contributed by atoms with van der Waals surface area (Å²) in [6.07, 6.45) is 2.52. The van der Waals surface area contributed by atoms with Gasteiger partial charge in [0, 0.05) is 11.6 Å². The molecule has 4 heteroatoms. The Labute approximate surface area is 119 Å². The number of hydrogen-bond acceptors (Lipinski definition) is 3. The monoisotopic (exact) mass is 284 g/mol. The maximum atomic E-state index is 12.0. The van der Waals surface area contributed by atoms with Crippen molar-refractivity contribution in [1.29, 1.82) is 0 Å². The Bertz CT molecular complexity index is 393. The van der Waals surface area contributed by atoms with Crippen molar-refractivity contribution in [3.05, 3.63) is 34.9 Å². The van der Waals surface area contributed by atoms with Crippen LogP contribution >= 0.6 is 11.6 Å². The Hall–Kier alpha value is -1.06. The highest BCUT2D eigenvalue weighted by atomic mass is 35.5. The molecule has 0 aliphatic rings. The second-order valence-electron chi connectivity index (χ2n) is 4.40. The summed E-state index contributed by atoms with van der Waals surface area (Å²) in [5, 5.41) is 0.531. The number of carbonyl (C=O) groups is 1. The van der Waals surface area contributed by atoms with Crippen LogP contribution in [0.5, 0.6) is 0 Å². The predicted molar refractivity (Wildman–Crippen MR) is 76.7 cm³/mol. The maximum absolute atomic E-state index is 12.0. The molecule has 3 nitrogen and oxygen atoms in total. The molecule has 0 fully saturated rings. The van der Waals surface area contributed by atoms with Gasteiger partial charge < -0.3 is 9.47 Å². The number of hydrogen-bond donors (Lipinski definition) is 0. The van der Waals surface area contributed by atoms with Crippen molar-refractivity contribution < 1.29 is 14.3 Å². The Morgan fingerprint density at radius 2 is 2.11 bits per heavy atom. The maximum Gasteiger partial charge on any atom is 0.338 e. The van der Waals surface area contributed by atoms with Crippen LogP contribution in [0.1, 0.15) is 43.5 Å². The first-order chi connectivity index (χ1) is 9.17. The van der Waals surface area contributed by atoms with E-state index in [0.717, 1.165) is 19.3 Å². The Balaban J connectivity index is 2.55. The summed E-state index contributed by atoms with van der Waals surface area (Å²) < 4.78 is 10.9. The third-order valence-electron chi connectivity index (χ3n) is 2.60. The van der Waals surface area contributed by atoms with E-state index in [1.54, 1.807) is 24.3 Å². The fourth-order valence-corrected chi connectivity index (χ4v) is 1.88. The van der Waals surface area contributed by atoms with Crippen molar-refractivity contribution in [2.24, 2.45) is 0 Å². The SMILES string of the molecule is CCCOCC(CCC)OC(=O)c1cccc(Cl)c1. The molecule has 0 radical (unpaired) electrons. The molecule has 106 valence electrons. The van der Waals surface area contributed by atoms with Gasteiger partial charge in [0.25, 0.3) is 0 Å². The minimum absolute atomic E-state index is 0.192. The van der Waals surface area contributed by atoms with Gasteiger partial charge >= 0.3 is 5.97 Å². The average molecular weight is 285 g/mol. The van der Waals surface area contributed by atoms with Crippen molar-refractivity contribution in [1.82, 2.24) is 0 Å². The molecule has 0 amide bonds. The number of halogens is 1. The van der Waals surface area contributed by atoms with Crippen LogP contribution in [0, 0.1) is 0 Å². The fraction of sp³-hybridized carbons (Fsp3) is 0.533. The van der Waals surface area contributed by atoms with Gasteiger partial charge in [-0.3, -0.25) is 0 Å². The molecule has 1 aromatic carbocycles. The Morgan fingerprint density at radius 3 is 2.74 bits per heavy atom. The first-order valence-corrected chi connectivity index (χ1v) is 7.09. The van der Waals surface area contributed by atoms with E-state index in [1.165, 1.54) is 0 Å². The topological polar surface area (TPSA) is 35.5 Å². The van der Waals surface area contributed by atoms with E-state index >= 15 is 0 Å². The summed E-state index contributed by atoms with van der Waals surface area (Å²) in [5.41, 5.74) is 0.476. The summed E-state index contributed by atoms with van der Waals surface area (Å²) in [4.78, 5) is 12.0. The van der Waals surface area contributed by atoms with Crippen molar-refractivity contribution in [2.75, 3.05) is 13.2 Å². The molecule has 0 heterocycles. The first-order valence-electron chi connectivity index (χ1n) is 6.71. The highest BCUT2D eigenvalue weighted by molar-refractivity contribution is 6.30. The number of carbonyl (C=O) groups excluding carboxylic acids is 1. The van der Waals surface area contributed by atoms with Crippen LogP contribution in [0.2, 0.25) is 5.02 Å². The number of rotatable bonds is 8. The van der Waals surface area contributed by atoms with E-state index in [-0.39, 0.29) is 12.1 Å². The lowest BCUT2D eigenvalue weighted by molar-refractivity contribution is -0.00707. The molecule has 0 spiro atoms. The molecule has 0 aromatic heterocycles. The molecule has 1 rings (SSSR count). The molecule has 1 atom stereocenters. The summed E-state index contributed by atoms with van der Waals surface area (Å²) >= 11 is 5.86. The van der Waals surface area contributed by atoms with E-state index in [2.05, 4.69) is 6.92 Å². The van der Waals surface area contributed by atoms with Gasteiger partial charge in [-0.05, 0) is 31.0 Å². The Kier molecular flexibility index (Phi) is 7.53. The lowest BCUT2D eigenvalue weighted by Crippen LogP contribution is -2.23. The van der Waals surface area contributed by atoms with Crippen LogP contribution in [-0.4, -0.2) is 25.3 Å². The number of esters is 1.